The molecule has 2 nitrogen and oxygen atoms in total. The summed E-state index contributed by atoms with van der Waals surface area (Å²) < 4.78 is 66.2. The minimum absolute atomic E-state index is 0.0635. The zero-order chi connectivity index (χ0) is 39.1. The van der Waals surface area contributed by atoms with E-state index in [1.165, 1.54) is 0 Å². The van der Waals surface area contributed by atoms with E-state index in [-0.39, 0.29) is 28.4 Å². The summed E-state index contributed by atoms with van der Waals surface area (Å²) in [5.41, 5.74) is 7.13. The van der Waals surface area contributed by atoms with E-state index >= 15 is 0 Å². The van der Waals surface area contributed by atoms with E-state index < -0.39 is 30.2 Å². The van der Waals surface area contributed by atoms with Gasteiger partial charge in [-0.1, -0.05) is 139 Å². The van der Waals surface area contributed by atoms with Crippen molar-refractivity contribution in [3.8, 4) is 22.3 Å². The topological polar surface area (TPSA) is 16.4 Å². The number of rotatable bonds is 5. The lowest BCUT2D eigenvalue weighted by atomic mass is 9.97. The van der Waals surface area contributed by atoms with Crippen molar-refractivity contribution in [1.82, 2.24) is 0 Å². The van der Waals surface area contributed by atoms with Crippen molar-refractivity contribution in [2.75, 3.05) is 4.90 Å². The minimum atomic E-state index is -0.473. The monoisotopic (exact) mass is 644 g/mol. The number of hydrogen-bond acceptors (Lipinski definition) is 2. The van der Waals surface area contributed by atoms with Gasteiger partial charge < -0.3 is 9.32 Å². The third-order valence-corrected chi connectivity index (χ3v) is 9.55. The van der Waals surface area contributed by atoms with Crippen molar-refractivity contribution >= 4 is 71.3 Å². The van der Waals surface area contributed by atoms with Crippen LogP contribution in [0.15, 0.2) is 192 Å². The first kappa shape index (κ1) is 22.1. The molecule has 0 saturated carbocycles. The molecule has 0 radical (unpaired) electrons. The van der Waals surface area contributed by atoms with Crippen molar-refractivity contribution in [2.24, 2.45) is 0 Å². The van der Waals surface area contributed by atoms with E-state index in [2.05, 4.69) is 83.8 Å². The summed E-state index contributed by atoms with van der Waals surface area (Å²) in [4.78, 5) is 2.19. The van der Waals surface area contributed by atoms with E-state index in [4.69, 9.17) is 14.0 Å². The van der Waals surface area contributed by atoms with Crippen molar-refractivity contribution in [3.05, 3.63) is 188 Å². The molecule has 0 spiro atoms. The normalized spacial score (nSPS) is 13.6. The number of hydrogen-bond donors (Lipinski definition) is 0. The van der Waals surface area contributed by atoms with Crippen LogP contribution in [-0.2, 0) is 0 Å². The van der Waals surface area contributed by atoms with Gasteiger partial charge in [0.15, 0.2) is 0 Å². The summed E-state index contributed by atoms with van der Waals surface area (Å²) in [7, 11) is 0. The molecule has 0 saturated heterocycles. The first-order chi connectivity index (χ1) is 27.7. The van der Waals surface area contributed by atoms with Gasteiger partial charge in [-0.25, -0.2) is 0 Å². The quantitative estimate of drug-likeness (QED) is 0.173. The van der Waals surface area contributed by atoms with Crippen molar-refractivity contribution < 1.29 is 14.0 Å². The van der Waals surface area contributed by atoms with Gasteiger partial charge >= 0.3 is 0 Å². The SMILES string of the molecule is [2H]c1c([2H])c([2H])c2c(-c3ccc(N(c4ccc(-c5ccc6c(c5)oc5ccccc56)cc4)c4cc5ccccc5c5ccccc45)cc3)c([2H])c([2H])c([2H])c2c1[2H]. The second kappa shape index (κ2) is 11.5. The maximum absolute atomic E-state index is 8.91. The Hall–Kier alpha value is -6.64. The largest absolute Gasteiger partial charge is 0.456 e. The second-order valence-electron chi connectivity index (χ2n) is 12.4. The molecule has 1 aromatic heterocycles. The fraction of sp³-hybridized carbons (Fsp3) is 0. The van der Waals surface area contributed by atoms with Gasteiger partial charge in [-0.05, 0) is 97.7 Å². The van der Waals surface area contributed by atoms with Crippen LogP contribution in [0.5, 0.6) is 0 Å². The highest BCUT2D eigenvalue weighted by Crippen LogP contribution is 2.43. The molecule has 0 N–H and O–H groups in total. The molecule has 234 valence electrons. The minimum Gasteiger partial charge on any atom is -0.456 e. The predicted molar refractivity (Wildman–Crippen MR) is 212 cm³/mol. The zero-order valence-corrected chi connectivity index (χ0v) is 26.7. The van der Waals surface area contributed by atoms with E-state index in [9.17, 15) is 0 Å². The van der Waals surface area contributed by atoms with Gasteiger partial charge in [0.1, 0.15) is 11.2 Å². The molecular weight excluding hydrogens is 607 g/mol. The second-order valence-corrected chi connectivity index (χ2v) is 12.4. The predicted octanol–water partition coefficient (Wildman–Crippen LogP) is 13.8. The van der Waals surface area contributed by atoms with Crippen LogP contribution in [0.4, 0.5) is 17.1 Å². The van der Waals surface area contributed by atoms with Crippen LogP contribution in [0, 0.1) is 0 Å². The first-order valence-electron chi connectivity index (χ1n) is 20.0. The Balaban J connectivity index is 1.14. The van der Waals surface area contributed by atoms with Crippen molar-refractivity contribution in [1.29, 1.82) is 0 Å². The van der Waals surface area contributed by atoms with Gasteiger partial charge in [0.25, 0.3) is 0 Å². The van der Waals surface area contributed by atoms with Gasteiger partial charge in [-0.2, -0.15) is 0 Å². The Kier molecular flexibility index (Phi) is 5.08. The molecule has 10 rings (SSSR count). The van der Waals surface area contributed by atoms with Crippen LogP contribution in [0.1, 0.15) is 9.60 Å². The van der Waals surface area contributed by atoms with Gasteiger partial charge in [0, 0.05) is 27.5 Å². The molecule has 0 atom stereocenters. The Morgan fingerprint density at radius 1 is 0.400 bits per heavy atom. The van der Waals surface area contributed by atoms with Crippen LogP contribution in [0.3, 0.4) is 0 Å². The number of anilines is 3. The number of fused-ring (bicyclic) bond motifs is 7. The average molecular weight is 645 g/mol. The average Bonchev–Trinajstić information content (AvgIpc) is 3.63. The lowest BCUT2D eigenvalue weighted by molar-refractivity contribution is 0.669. The molecule has 0 unspecified atom stereocenters. The van der Waals surface area contributed by atoms with Crippen molar-refractivity contribution in [3.63, 3.8) is 0 Å². The number of nitrogens with zero attached hydrogens (tertiary/aromatic N) is 1. The molecular formula is C48H31NO. The highest BCUT2D eigenvalue weighted by atomic mass is 16.3. The Labute approximate surface area is 299 Å². The van der Waals surface area contributed by atoms with Crippen LogP contribution in [-0.4, -0.2) is 0 Å². The van der Waals surface area contributed by atoms with Gasteiger partial charge in [0.05, 0.1) is 15.3 Å². The molecule has 50 heavy (non-hydrogen) atoms. The molecule has 0 bridgehead atoms. The Morgan fingerprint density at radius 3 is 1.84 bits per heavy atom. The van der Waals surface area contributed by atoms with Gasteiger partial charge in [-0.15, -0.1) is 0 Å². The van der Waals surface area contributed by atoms with Crippen molar-refractivity contribution in [2.45, 2.75) is 0 Å². The fourth-order valence-corrected chi connectivity index (χ4v) is 7.16. The summed E-state index contributed by atoms with van der Waals surface area (Å²) in [6.07, 6.45) is 0. The maximum atomic E-state index is 8.91. The van der Waals surface area contributed by atoms with Crippen LogP contribution < -0.4 is 4.90 Å². The maximum Gasteiger partial charge on any atom is 0.136 e. The number of para-hydroxylation sites is 1. The Bertz CT molecular complexity index is 3260. The fourth-order valence-electron chi connectivity index (χ4n) is 7.16. The standard InChI is InChI=1S/C48H31NO/c1-3-13-39-33(10-1)12-9-18-40(39)34-22-27-38(28-23-34)49(46-30-36-11-2-4-14-41(36)42-15-5-6-16-43(42)46)37-25-20-32(21-26-37)35-24-29-45-44-17-7-8-19-47(44)50-48(45)31-35/h1-31H/i1D,3D,9D,10D,12D,13D,18D. The van der Waals surface area contributed by atoms with E-state index in [1.54, 1.807) is 0 Å². The molecule has 0 amide bonds. The molecule has 0 aliphatic carbocycles. The van der Waals surface area contributed by atoms with Crippen LogP contribution in [0.25, 0.3) is 76.5 Å². The summed E-state index contributed by atoms with van der Waals surface area (Å²) in [5, 5.41) is 6.56. The molecule has 2 heteroatoms. The summed E-state index contributed by atoms with van der Waals surface area (Å²) in [5.74, 6) is 0. The number of furan rings is 1. The lowest BCUT2D eigenvalue weighted by Crippen LogP contribution is -2.10. The van der Waals surface area contributed by atoms with Gasteiger partial charge in [-0.3, -0.25) is 0 Å². The summed E-state index contributed by atoms with van der Waals surface area (Å²) >= 11 is 0. The van der Waals surface area contributed by atoms with Gasteiger partial charge in [0.2, 0.25) is 0 Å². The third-order valence-electron chi connectivity index (χ3n) is 9.55. The molecule has 1 heterocycles. The molecule has 0 aliphatic rings. The van der Waals surface area contributed by atoms with E-state index in [0.717, 1.165) is 71.7 Å². The highest BCUT2D eigenvalue weighted by Gasteiger charge is 2.18. The lowest BCUT2D eigenvalue weighted by Gasteiger charge is -2.28. The first-order valence-corrected chi connectivity index (χ1v) is 16.5. The number of benzene rings is 9. The van der Waals surface area contributed by atoms with E-state index in [0.29, 0.717) is 5.56 Å². The smallest absolute Gasteiger partial charge is 0.136 e. The molecule has 9 aromatic carbocycles. The molecule has 10 aromatic rings. The molecule has 0 aliphatic heterocycles. The van der Waals surface area contributed by atoms with Crippen LogP contribution >= 0.6 is 0 Å². The zero-order valence-electron chi connectivity index (χ0n) is 33.7. The third kappa shape index (κ3) is 4.65. The summed E-state index contributed by atoms with van der Waals surface area (Å²) in [6.45, 7) is 0. The van der Waals surface area contributed by atoms with E-state index in [1.807, 2.05) is 66.7 Å². The Morgan fingerprint density at radius 2 is 1.02 bits per heavy atom. The molecule has 0 fully saturated rings. The summed E-state index contributed by atoms with van der Waals surface area (Å²) in [6, 6.07) is 46.4. The highest BCUT2D eigenvalue weighted by molar-refractivity contribution is 6.14. The van der Waals surface area contributed by atoms with Crippen LogP contribution in [0.2, 0.25) is 0 Å².